The molecule has 0 aliphatic rings. The highest BCUT2D eigenvalue weighted by Crippen LogP contribution is 2.23. The second-order valence-corrected chi connectivity index (χ2v) is 6.14. The van der Waals surface area contributed by atoms with Crippen molar-refractivity contribution >= 4 is 11.6 Å². The molecule has 2 rings (SSSR count). The van der Waals surface area contributed by atoms with E-state index < -0.39 is 0 Å². The van der Waals surface area contributed by atoms with Gasteiger partial charge in [-0.15, -0.1) is 10.2 Å². The Morgan fingerprint density at radius 1 is 1.05 bits per heavy atom. The second-order valence-electron chi connectivity index (χ2n) is 5.80. The van der Waals surface area contributed by atoms with E-state index in [9.17, 15) is 0 Å². The monoisotopic (exact) mass is 277 g/mol. The zero-order valence-electron chi connectivity index (χ0n) is 11.9. The minimum atomic E-state index is -0.0660. The van der Waals surface area contributed by atoms with E-state index in [1.807, 2.05) is 4.57 Å². The number of hydrogen-bond acceptors (Lipinski definition) is 2. The molecule has 4 heteroatoms. The molecule has 0 saturated carbocycles. The van der Waals surface area contributed by atoms with E-state index in [1.165, 1.54) is 11.1 Å². The molecule has 1 aromatic carbocycles. The van der Waals surface area contributed by atoms with E-state index in [0.29, 0.717) is 11.8 Å². The van der Waals surface area contributed by atoms with Gasteiger partial charge < -0.3 is 0 Å². The number of aromatic nitrogens is 3. The van der Waals surface area contributed by atoms with Crippen LogP contribution in [0.2, 0.25) is 5.28 Å². The third kappa shape index (κ3) is 3.16. The maximum atomic E-state index is 6.15. The van der Waals surface area contributed by atoms with Crippen LogP contribution in [0.3, 0.4) is 0 Å². The Kier molecular flexibility index (Phi) is 3.95. The summed E-state index contributed by atoms with van der Waals surface area (Å²) in [6.45, 7) is 9.21. The van der Waals surface area contributed by atoms with E-state index in [0.717, 1.165) is 12.2 Å². The van der Waals surface area contributed by atoms with Gasteiger partial charge in [-0.3, -0.25) is 4.57 Å². The largest absolute Gasteiger partial charge is 0.297 e. The van der Waals surface area contributed by atoms with E-state index in [1.54, 1.807) is 0 Å². The molecule has 0 aliphatic heterocycles. The maximum absolute atomic E-state index is 6.15. The standard InChI is InChI=1S/C15H20ClN3/c1-5-11-6-8-12(9-7-11)10-19-13(15(2,3)4)17-18-14(19)16/h6-9H,5,10H2,1-4H3. The number of aryl methyl sites for hydroxylation is 1. The van der Waals surface area contributed by atoms with Crippen LogP contribution in [-0.4, -0.2) is 14.8 Å². The highest BCUT2D eigenvalue weighted by Gasteiger charge is 2.23. The van der Waals surface area contributed by atoms with Crippen molar-refractivity contribution in [3.8, 4) is 0 Å². The molecule has 0 N–H and O–H groups in total. The summed E-state index contributed by atoms with van der Waals surface area (Å²) in [7, 11) is 0. The summed E-state index contributed by atoms with van der Waals surface area (Å²) in [5.74, 6) is 0.914. The van der Waals surface area contributed by atoms with Crippen molar-refractivity contribution in [3.05, 3.63) is 46.5 Å². The molecule has 1 aromatic heterocycles. The normalized spacial score (nSPS) is 11.8. The third-order valence-electron chi connectivity index (χ3n) is 3.15. The molecule has 0 aliphatic carbocycles. The van der Waals surface area contributed by atoms with Crippen LogP contribution >= 0.6 is 11.6 Å². The van der Waals surface area contributed by atoms with Gasteiger partial charge in [-0.2, -0.15) is 0 Å². The van der Waals surface area contributed by atoms with Crippen LogP contribution in [0.25, 0.3) is 0 Å². The van der Waals surface area contributed by atoms with Crippen LogP contribution in [0.4, 0.5) is 0 Å². The summed E-state index contributed by atoms with van der Waals surface area (Å²) >= 11 is 6.15. The first-order valence-electron chi connectivity index (χ1n) is 6.59. The van der Waals surface area contributed by atoms with Gasteiger partial charge in [0, 0.05) is 5.41 Å². The molecule has 3 nitrogen and oxygen atoms in total. The predicted molar refractivity (Wildman–Crippen MR) is 78.7 cm³/mol. The van der Waals surface area contributed by atoms with Crippen molar-refractivity contribution in [2.45, 2.75) is 46.1 Å². The quantitative estimate of drug-likeness (QED) is 0.853. The van der Waals surface area contributed by atoms with Gasteiger partial charge in [-0.25, -0.2) is 0 Å². The number of halogens is 1. The Morgan fingerprint density at radius 2 is 1.63 bits per heavy atom. The van der Waals surface area contributed by atoms with Crippen LogP contribution in [0, 0.1) is 0 Å². The fourth-order valence-electron chi connectivity index (χ4n) is 2.04. The Morgan fingerprint density at radius 3 is 2.16 bits per heavy atom. The molecule has 2 aromatic rings. The smallest absolute Gasteiger partial charge is 0.225 e. The molecule has 0 radical (unpaired) electrons. The zero-order valence-corrected chi connectivity index (χ0v) is 12.7. The molecule has 0 spiro atoms. The lowest BCUT2D eigenvalue weighted by atomic mass is 9.95. The van der Waals surface area contributed by atoms with E-state index >= 15 is 0 Å². The lowest BCUT2D eigenvalue weighted by molar-refractivity contribution is 0.510. The molecule has 0 fully saturated rings. The summed E-state index contributed by atoms with van der Waals surface area (Å²) < 4.78 is 1.97. The lowest BCUT2D eigenvalue weighted by Crippen LogP contribution is -2.19. The molecule has 102 valence electrons. The molecule has 0 amide bonds. The Balaban J connectivity index is 2.30. The summed E-state index contributed by atoms with van der Waals surface area (Å²) in [5.41, 5.74) is 2.49. The topological polar surface area (TPSA) is 30.7 Å². The summed E-state index contributed by atoms with van der Waals surface area (Å²) in [4.78, 5) is 0. The lowest BCUT2D eigenvalue weighted by Gasteiger charge is -2.19. The highest BCUT2D eigenvalue weighted by molar-refractivity contribution is 6.28. The van der Waals surface area contributed by atoms with Crippen molar-refractivity contribution in [3.63, 3.8) is 0 Å². The first kappa shape index (κ1) is 14.1. The van der Waals surface area contributed by atoms with Crippen molar-refractivity contribution in [1.29, 1.82) is 0 Å². The fourth-order valence-corrected chi connectivity index (χ4v) is 2.22. The zero-order chi connectivity index (χ0) is 14.0. The van der Waals surface area contributed by atoms with Gasteiger partial charge >= 0.3 is 0 Å². The van der Waals surface area contributed by atoms with Gasteiger partial charge in [0.1, 0.15) is 5.82 Å². The molecule has 0 unspecified atom stereocenters. The fraction of sp³-hybridized carbons (Fsp3) is 0.467. The molecule has 0 saturated heterocycles. The average Bonchev–Trinajstić information content (AvgIpc) is 2.72. The summed E-state index contributed by atoms with van der Waals surface area (Å²) in [6.07, 6.45) is 1.06. The highest BCUT2D eigenvalue weighted by atomic mass is 35.5. The molecule has 19 heavy (non-hydrogen) atoms. The van der Waals surface area contributed by atoms with Crippen LogP contribution in [0.5, 0.6) is 0 Å². The molecule has 0 bridgehead atoms. The average molecular weight is 278 g/mol. The number of nitrogens with zero attached hydrogens (tertiary/aromatic N) is 3. The summed E-state index contributed by atoms with van der Waals surface area (Å²) in [5, 5.41) is 8.64. The molecular weight excluding hydrogens is 258 g/mol. The third-order valence-corrected chi connectivity index (χ3v) is 3.43. The Hall–Kier alpha value is -1.35. The van der Waals surface area contributed by atoms with Crippen LogP contribution < -0.4 is 0 Å². The number of hydrogen-bond donors (Lipinski definition) is 0. The Bertz CT molecular complexity index is 550. The van der Waals surface area contributed by atoms with Gasteiger partial charge in [0.2, 0.25) is 5.28 Å². The summed E-state index contributed by atoms with van der Waals surface area (Å²) in [6, 6.07) is 8.60. The SMILES string of the molecule is CCc1ccc(Cn2c(Cl)nnc2C(C)(C)C)cc1. The van der Waals surface area contributed by atoms with Gasteiger partial charge in [0.15, 0.2) is 0 Å². The van der Waals surface area contributed by atoms with Gasteiger partial charge in [-0.05, 0) is 29.1 Å². The van der Waals surface area contributed by atoms with Crippen molar-refractivity contribution in [1.82, 2.24) is 14.8 Å². The first-order chi connectivity index (χ1) is 8.91. The number of benzene rings is 1. The number of rotatable bonds is 3. The minimum Gasteiger partial charge on any atom is -0.297 e. The first-order valence-corrected chi connectivity index (χ1v) is 6.96. The molecule has 1 heterocycles. The maximum Gasteiger partial charge on any atom is 0.225 e. The van der Waals surface area contributed by atoms with Crippen molar-refractivity contribution < 1.29 is 0 Å². The van der Waals surface area contributed by atoms with E-state index in [2.05, 4.69) is 62.2 Å². The second kappa shape index (κ2) is 5.33. The van der Waals surface area contributed by atoms with Crippen LogP contribution in [-0.2, 0) is 18.4 Å². The van der Waals surface area contributed by atoms with Crippen LogP contribution in [0.15, 0.2) is 24.3 Å². The van der Waals surface area contributed by atoms with Gasteiger partial charge in [0.25, 0.3) is 0 Å². The van der Waals surface area contributed by atoms with Gasteiger partial charge in [-0.1, -0.05) is 52.0 Å². The molecule has 0 atom stereocenters. The Labute approximate surface area is 119 Å². The minimum absolute atomic E-state index is 0.0660. The van der Waals surface area contributed by atoms with Crippen molar-refractivity contribution in [2.75, 3.05) is 0 Å². The van der Waals surface area contributed by atoms with E-state index in [-0.39, 0.29) is 5.41 Å². The van der Waals surface area contributed by atoms with E-state index in [4.69, 9.17) is 11.6 Å². The van der Waals surface area contributed by atoms with Crippen LogP contribution in [0.1, 0.15) is 44.6 Å². The predicted octanol–water partition coefficient (Wildman–Crippen LogP) is 3.84. The molecular formula is C15H20ClN3. The van der Waals surface area contributed by atoms with Crippen molar-refractivity contribution in [2.24, 2.45) is 0 Å². The van der Waals surface area contributed by atoms with Gasteiger partial charge in [0.05, 0.1) is 6.54 Å².